The number of carbonyl (C=O) groups is 1. The molecule has 0 unspecified atom stereocenters. The highest BCUT2D eigenvalue weighted by Gasteiger charge is 2.24. The maximum absolute atomic E-state index is 12.0. The number of nitrogens with one attached hydrogen (secondary N) is 1. The average Bonchev–Trinajstić information content (AvgIpc) is 2.97. The Bertz CT molecular complexity index is 1020. The van der Waals surface area contributed by atoms with Crippen molar-refractivity contribution in [1.29, 1.82) is 0 Å². The van der Waals surface area contributed by atoms with Crippen LogP contribution in [0.1, 0.15) is 11.1 Å². The third kappa shape index (κ3) is 4.94. The van der Waals surface area contributed by atoms with Crippen molar-refractivity contribution in [2.24, 2.45) is 10.2 Å². The number of hydrogen-bond acceptors (Lipinski definition) is 6. The molecule has 1 fully saturated rings. The number of nitrogens with zero attached hydrogens (tertiary/aromatic N) is 3. The molecule has 0 radical (unpaired) electrons. The second-order valence-electron chi connectivity index (χ2n) is 5.23. The lowest BCUT2D eigenvalue weighted by atomic mass is 10.2. The van der Waals surface area contributed by atoms with Gasteiger partial charge < -0.3 is 0 Å². The van der Waals surface area contributed by atoms with E-state index in [4.69, 9.17) is 23.2 Å². The summed E-state index contributed by atoms with van der Waals surface area (Å²) < 4.78 is 0. The molecule has 0 aliphatic carbocycles. The van der Waals surface area contributed by atoms with Crippen LogP contribution in [0.15, 0.2) is 57.6 Å². The molecule has 27 heavy (non-hydrogen) atoms. The fraction of sp³-hybridized carbons (Fsp3) is 0. The highest BCUT2D eigenvalue weighted by Crippen LogP contribution is 2.29. The van der Waals surface area contributed by atoms with Gasteiger partial charge in [0.2, 0.25) is 0 Å². The van der Waals surface area contributed by atoms with E-state index < -0.39 is 4.92 Å². The number of benzene rings is 2. The van der Waals surface area contributed by atoms with Crippen molar-refractivity contribution in [2.75, 3.05) is 0 Å². The first kappa shape index (κ1) is 19.1. The van der Waals surface area contributed by atoms with E-state index >= 15 is 0 Å². The Hall–Kier alpha value is -2.68. The summed E-state index contributed by atoms with van der Waals surface area (Å²) in [5.74, 6) is -0.324. The summed E-state index contributed by atoms with van der Waals surface area (Å²) in [5.41, 5.74) is 1.13. The van der Waals surface area contributed by atoms with Gasteiger partial charge in [0.1, 0.15) is 0 Å². The second-order valence-corrected chi connectivity index (χ2v) is 7.11. The lowest BCUT2D eigenvalue weighted by Crippen LogP contribution is -2.19. The van der Waals surface area contributed by atoms with Gasteiger partial charge in [-0.2, -0.15) is 5.10 Å². The maximum Gasteiger partial charge on any atom is 0.270 e. The van der Waals surface area contributed by atoms with Crippen LogP contribution in [0.4, 0.5) is 5.69 Å². The van der Waals surface area contributed by atoms with Crippen molar-refractivity contribution < 1.29 is 9.72 Å². The zero-order valence-corrected chi connectivity index (χ0v) is 15.8. The fourth-order valence-corrected chi connectivity index (χ4v) is 3.33. The summed E-state index contributed by atoms with van der Waals surface area (Å²) in [5, 5.41) is 22.4. The average molecular weight is 421 g/mol. The van der Waals surface area contributed by atoms with Gasteiger partial charge in [0.15, 0.2) is 5.17 Å². The molecular weight excluding hydrogens is 411 g/mol. The molecule has 3 rings (SSSR count). The lowest BCUT2D eigenvalue weighted by Gasteiger charge is -1.99. The monoisotopic (exact) mass is 420 g/mol. The molecule has 0 bridgehead atoms. The number of halogens is 2. The molecule has 0 saturated carbocycles. The molecule has 1 aliphatic heterocycles. The quantitative estimate of drug-likeness (QED) is 0.340. The van der Waals surface area contributed by atoms with Crippen LogP contribution in [0.2, 0.25) is 10.0 Å². The van der Waals surface area contributed by atoms with E-state index in [0.29, 0.717) is 26.1 Å². The summed E-state index contributed by atoms with van der Waals surface area (Å²) in [4.78, 5) is 22.7. The van der Waals surface area contributed by atoms with E-state index in [1.54, 1.807) is 36.4 Å². The molecule has 1 saturated heterocycles. The fourth-order valence-electron chi connectivity index (χ4n) is 2.10. The summed E-state index contributed by atoms with van der Waals surface area (Å²) in [6, 6.07) is 10.9. The van der Waals surface area contributed by atoms with Crippen molar-refractivity contribution >= 4 is 64.0 Å². The van der Waals surface area contributed by atoms with Crippen LogP contribution in [0.3, 0.4) is 0 Å². The highest BCUT2D eigenvalue weighted by atomic mass is 35.5. The SMILES string of the molecule is O=C1N/C(=N/N=C\c2cccc([N+](=O)[O-])c2)S/C1=C\c1ccc(Cl)cc1Cl. The van der Waals surface area contributed by atoms with Crippen LogP contribution < -0.4 is 5.32 Å². The molecule has 1 aliphatic rings. The smallest absolute Gasteiger partial charge is 0.270 e. The number of carbonyl (C=O) groups excluding carboxylic acids is 1. The largest absolute Gasteiger partial charge is 0.299 e. The van der Waals surface area contributed by atoms with Crippen molar-refractivity contribution in [2.45, 2.75) is 0 Å². The predicted molar refractivity (Wildman–Crippen MR) is 108 cm³/mol. The number of nitro groups is 1. The van der Waals surface area contributed by atoms with Gasteiger partial charge in [-0.25, -0.2) is 0 Å². The molecule has 2 aromatic carbocycles. The number of nitro benzene ring substituents is 1. The van der Waals surface area contributed by atoms with Gasteiger partial charge in [-0.1, -0.05) is 41.4 Å². The number of non-ortho nitro benzene ring substituents is 1. The molecule has 1 amide bonds. The summed E-state index contributed by atoms with van der Waals surface area (Å²) in [7, 11) is 0. The predicted octanol–water partition coefficient (Wildman–Crippen LogP) is 4.50. The van der Waals surface area contributed by atoms with Crippen LogP contribution in [0.25, 0.3) is 6.08 Å². The van der Waals surface area contributed by atoms with Gasteiger partial charge in [0, 0.05) is 27.7 Å². The Labute approximate surface area is 167 Å². The second kappa shape index (κ2) is 8.34. The molecule has 136 valence electrons. The first-order valence-electron chi connectivity index (χ1n) is 7.44. The number of amidine groups is 1. The van der Waals surface area contributed by atoms with Crippen LogP contribution in [-0.4, -0.2) is 22.2 Å². The first-order chi connectivity index (χ1) is 12.9. The van der Waals surface area contributed by atoms with Crippen LogP contribution >= 0.6 is 35.0 Å². The van der Waals surface area contributed by atoms with E-state index in [9.17, 15) is 14.9 Å². The molecule has 7 nitrogen and oxygen atoms in total. The Kier molecular flexibility index (Phi) is 5.90. The van der Waals surface area contributed by atoms with Gasteiger partial charge in [-0.05, 0) is 35.5 Å². The van der Waals surface area contributed by atoms with Crippen LogP contribution in [0, 0.1) is 10.1 Å². The number of hydrogen-bond donors (Lipinski definition) is 1. The van der Waals surface area contributed by atoms with Gasteiger partial charge in [0.05, 0.1) is 16.0 Å². The normalized spacial score (nSPS) is 17.0. The summed E-state index contributed by atoms with van der Waals surface area (Å²) >= 11 is 13.1. The maximum atomic E-state index is 12.0. The van der Waals surface area contributed by atoms with E-state index in [2.05, 4.69) is 15.5 Å². The molecule has 0 spiro atoms. The minimum absolute atomic E-state index is 0.0415. The van der Waals surface area contributed by atoms with E-state index in [-0.39, 0.29) is 16.8 Å². The van der Waals surface area contributed by atoms with Crippen molar-refractivity contribution in [3.8, 4) is 0 Å². The highest BCUT2D eigenvalue weighted by molar-refractivity contribution is 8.18. The van der Waals surface area contributed by atoms with E-state index in [1.165, 1.54) is 18.3 Å². The van der Waals surface area contributed by atoms with Crippen LogP contribution in [-0.2, 0) is 4.79 Å². The molecule has 1 N–H and O–H groups in total. The van der Waals surface area contributed by atoms with Gasteiger partial charge >= 0.3 is 0 Å². The topological polar surface area (TPSA) is 97.0 Å². The molecule has 2 aromatic rings. The van der Waals surface area contributed by atoms with E-state index in [1.807, 2.05) is 0 Å². The van der Waals surface area contributed by atoms with Gasteiger partial charge in [0.25, 0.3) is 11.6 Å². The number of amides is 1. The van der Waals surface area contributed by atoms with Crippen molar-refractivity contribution in [3.05, 3.63) is 78.7 Å². The Balaban J connectivity index is 1.74. The third-order valence-corrected chi connectivity index (χ3v) is 4.80. The van der Waals surface area contributed by atoms with Crippen molar-refractivity contribution in [3.63, 3.8) is 0 Å². The molecule has 10 heteroatoms. The zero-order chi connectivity index (χ0) is 19.4. The minimum Gasteiger partial charge on any atom is -0.299 e. The molecular formula is C17H10Cl2N4O3S. The number of rotatable bonds is 4. The van der Waals surface area contributed by atoms with Gasteiger partial charge in [-0.3, -0.25) is 20.2 Å². The van der Waals surface area contributed by atoms with Crippen molar-refractivity contribution in [1.82, 2.24) is 5.32 Å². The molecule has 0 atom stereocenters. The Morgan fingerprint density at radius 2 is 2.00 bits per heavy atom. The first-order valence-corrected chi connectivity index (χ1v) is 9.01. The Morgan fingerprint density at radius 3 is 2.74 bits per heavy atom. The Morgan fingerprint density at radius 1 is 1.19 bits per heavy atom. The third-order valence-electron chi connectivity index (χ3n) is 3.34. The zero-order valence-electron chi connectivity index (χ0n) is 13.4. The molecule has 1 heterocycles. The minimum atomic E-state index is -0.491. The van der Waals surface area contributed by atoms with E-state index in [0.717, 1.165) is 11.8 Å². The standard InChI is InChI=1S/C17H10Cl2N4O3S/c18-12-5-4-11(14(19)8-12)7-15-16(24)21-17(27-15)22-20-9-10-2-1-3-13(6-10)23(25)26/h1-9H,(H,21,22,24)/b15-7-,20-9-. The summed E-state index contributed by atoms with van der Waals surface area (Å²) in [6.45, 7) is 0. The number of thioether (sulfide) groups is 1. The van der Waals surface area contributed by atoms with Gasteiger partial charge in [-0.15, -0.1) is 5.10 Å². The lowest BCUT2D eigenvalue weighted by molar-refractivity contribution is -0.384. The summed E-state index contributed by atoms with van der Waals surface area (Å²) in [6.07, 6.45) is 3.00. The van der Waals surface area contributed by atoms with Crippen LogP contribution in [0.5, 0.6) is 0 Å². The molecule has 0 aromatic heterocycles.